The van der Waals surface area contributed by atoms with Gasteiger partial charge < -0.3 is 4.74 Å². The van der Waals surface area contributed by atoms with Gasteiger partial charge in [0.1, 0.15) is 5.76 Å². The minimum Gasteiger partial charge on any atom is -0.497 e. The first kappa shape index (κ1) is 9.43. The molecular weight excluding hydrogens is 195 g/mol. The van der Waals surface area contributed by atoms with E-state index in [1.165, 1.54) is 0 Å². The highest BCUT2D eigenvalue weighted by atomic mass is 35.5. The lowest BCUT2D eigenvalue weighted by molar-refractivity contribution is 0.371. The van der Waals surface area contributed by atoms with E-state index in [-0.39, 0.29) is 0 Å². The molecule has 0 fully saturated rings. The van der Waals surface area contributed by atoms with Crippen LogP contribution >= 0.6 is 23.2 Å². The molecule has 0 bridgehead atoms. The first-order valence-corrected chi connectivity index (χ1v) is 4.09. The predicted molar refractivity (Wildman–Crippen MR) is 52.5 cm³/mol. The molecule has 3 heteroatoms. The summed E-state index contributed by atoms with van der Waals surface area (Å²) >= 11 is 11.7. The zero-order chi connectivity index (χ0) is 9.14. The maximum absolute atomic E-state index is 5.89. The Labute approximate surface area is 81.6 Å². The molecule has 0 atom stereocenters. The van der Waals surface area contributed by atoms with Gasteiger partial charge in [0, 0.05) is 5.56 Å². The van der Waals surface area contributed by atoms with Crippen LogP contribution < -0.4 is 0 Å². The topological polar surface area (TPSA) is 9.23 Å². The molecule has 1 aromatic carbocycles. The minimum absolute atomic E-state index is 0.478. The molecule has 1 rings (SSSR count). The Morgan fingerprint density at radius 1 is 1.42 bits per heavy atom. The largest absolute Gasteiger partial charge is 0.497 e. The molecule has 0 aliphatic carbocycles. The van der Waals surface area contributed by atoms with Crippen molar-refractivity contribution in [2.75, 3.05) is 7.11 Å². The number of benzene rings is 1. The Hall–Kier alpha value is -0.660. The van der Waals surface area contributed by atoms with Crippen LogP contribution in [0.25, 0.3) is 5.76 Å². The van der Waals surface area contributed by atoms with E-state index in [1.54, 1.807) is 25.3 Å². The highest BCUT2D eigenvalue weighted by Crippen LogP contribution is 2.29. The number of hydrogen-bond donors (Lipinski definition) is 0. The van der Waals surface area contributed by atoms with Gasteiger partial charge in [-0.3, -0.25) is 0 Å². The molecule has 0 aromatic heterocycles. The predicted octanol–water partition coefficient (Wildman–Crippen LogP) is 3.61. The van der Waals surface area contributed by atoms with E-state index in [0.29, 0.717) is 15.8 Å². The van der Waals surface area contributed by atoms with Gasteiger partial charge in [0.2, 0.25) is 0 Å². The van der Waals surface area contributed by atoms with Gasteiger partial charge in [-0.15, -0.1) is 0 Å². The van der Waals surface area contributed by atoms with Crippen LogP contribution in [0.4, 0.5) is 0 Å². The Kier molecular flexibility index (Phi) is 3.01. The summed E-state index contributed by atoms with van der Waals surface area (Å²) in [5.41, 5.74) is 0.728. The van der Waals surface area contributed by atoms with Gasteiger partial charge in [-0.05, 0) is 12.1 Å². The number of methoxy groups -OCH3 is 1. The van der Waals surface area contributed by atoms with Gasteiger partial charge >= 0.3 is 0 Å². The van der Waals surface area contributed by atoms with E-state index in [0.717, 1.165) is 5.56 Å². The Balaban J connectivity index is 3.16. The third-order valence-corrected chi connectivity index (χ3v) is 2.32. The summed E-state index contributed by atoms with van der Waals surface area (Å²) in [6.07, 6.45) is 0. The van der Waals surface area contributed by atoms with Crippen LogP contribution in [-0.2, 0) is 4.74 Å². The maximum atomic E-state index is 5.89. The van der Waals surface area contributed by atoms with E-state index in [2.05, 4.69) is 6.58 Å². The van der Waals surface area contributed by atoms with Gasteiger partial charge in [0.05, 0.1) is 17.2 Å². The summed E-state index contributed by atoms with van der Waals surface area (Å²) in [5.74, 6) is 0.516. The van der Waals surface area contributed by atoms with E-state index in [1.807, 2.05) is 0 Å². The summed E-state index contributed by atoms with van der Waals surface area (Å²) in [7, 11) is 1.54. The van der Waals surface area contributed by atoms with Crippen molar-refractivity contribution in [2.45, 2.75) is 0 Å². The fraction of sp³-hybridized carbons (Fsp3) is 0.111. The van der Waals surface area contributed by atoms with Crippen LogP contribution in [0.15, 0.2) is 24.8 Å². The zero-order valence-corrected chi connectivity index (χ0v) is 8.12. The minimum atomic E-state index is 0.478. The molecule has 64 valence electrons. The fourth-order valence-electron chi connectivity index (χ4n) is 0.829. The van der Waals surface area contributed by atoms with Gasteiger partial charge in [-0.1, -0.05) is 35.8 Å². The lowest BCUT2D eigenvalue weighted by Gasteiger charge is -2.06. The zero-order valence-electron chi connectivity index (χ0n) is 6.60. The SMILES string of the molecule is C=C(OC)c1cccc(Cl)c1Cl. The summed E-state index contributed by atoms with van der Waals surface area (Å²) in [6, 6.07) is 5.32. The van der Waals surface area contributed by atoms with Gasteiger partial charge in [0.15, 0.2) is 0 Å². The van der Waals surface area contributed by atoms with E-state index in [4.69, 9.17) is 27.9 Å². The normalized spacial score (nSPS) is 9.58. The second kappa shape index (κ2) is 3.83. The van der Waals surface area contributed by atoms with Crippen molar-refractivity contribution < 1.29 is 4.74 Å². The van der Waals surface area contributed by atoms with E-state index >= 15 is 0 Å². The van der Waals surface area contributed by atoms with Crippen LogP contribution in [0.5, 0.6) is 0 Å². The highest BCUT2D eigenvalue weighted by Gasteiger charge is 2.06. The lowest BCUT2D eigenvalue weighted by atomic mass is 10.2. The van der Waals surface area contributed by atoms with Gasteiger partial charge in [0.25, 0.3) is 0 Å². The highest BCUT2D eigenvalue weighted by molar-refractivity contribution is 6.43. The third-order valence-electron chi connectivity index (χ3n) is 1.50. The molecule has 0 radical (unpaired) electrons. The molecular formula is C9H8Cl2O. The van der Waals surface area contributed by atoms with E-state index < -0.39 is 0 Å². The molecule has 0 saturated heterocycles. The van der Waals surface area contributed by atoms with Gasteiger partial charge in [-0.25, -0.2) is 0 Å². The van der Waals surface area contributed by atoms with Crippen LogP contribution in [-0.4, -0.2) is 7.11 Å². The summed E-state index contributed by atoms with van der Waals surface area (Å²) in [4.78, 5) is 0. The number of rotatable bonds is 2. The average molecular weight is 203 g/mol. The van der Waals surface area contributed by atoms with Gasteiger partial charge in [-0.2, -0.15) is 0 Å². The molecule has 0 heterocycles. The van der Waals surface area contributed by atoms with Crippen LogP contribution in [0.1, 0.15) is 5.56 Å². The second-order valence-corrected chi connectivity index (χ2v) is 3.01. The average Bonchev–Trinajstić information content (AvgIpc) is 2.08. The smallest absolute Gasteiger partial charge is 0.120 e. The first-order valence-electron chi connectivity index (χ1n) is 3.34. The maximum Gasteiger partial charge on any atom is 0.120 e. The number of ether oxygens (including phenoxy) is 1. The molecule has 12 heavy (non-hydrogen) atoms. The molecule has 0 N–H and O–H groups in total. The number of hydrogen-bond acceptors (Lipinski definition) is 1. The molecule has 0 amide bonds. The van der Waals surface area contributed by atoms with Crippen LogP contribution in [0.3, 0.4) is 0 Å². The van der Waals surface area contributed by atoms with Crippen molar-refractivity contribution in [3.8, 4) is 0 Å². The lowest BCUT2D eigenvalue weighted by Crippen LogP contribution is -1.86. The van der Waals surface area contributed by atoms with Crippen molar-refractivity contribution in [3.05, 3.63) is 40.4 Å². The third kappa shape index (κ3) is 1.74. The molecule has 0 aliphatic rings. The summed E-state index contributed by atoms with van der Waals surface area (Å²) < 4.78 is 4.93. The van der Waals surface area contributed by atoms with Crippen molar-refractivity contribution in [3.63, 3.8) is 0 Å². The molecule has 0 spiro atoms. The molecule has 0 unspecified atom stereocenters. The van der Waals surface area contributed by atoms with Crippen molar-refractivity contribution in [1.82, 2.24) is 0 Å². The standard InChI is InChI=1S/C9H8Cl2O/c1-6(12-2)7-4-3-5-8(10)9(7)11/h3-5H,1H2,2H3. The van der Waals surface area contributed by atoms with Crippen molar-refractivity contribution in [2.24, 2.45) is 0 Å². The van der Waals surface area contributed by atoms with E-state index in [9.17, 15) is 0 Å². The quantitative estimate of drug-likeness (QED) is 0.667. The van der Waals surface area contributed by atoms with Crippen molar-refractivity contribution >= 4 is 29.0 Å². The van der Waals surface area contributed by atoms with Crippen LogP contribution in [0, 0.1) is 0 Å². The summed E-state index contributed by atoms with van der Waals surface area (Å²) in [5, 5.41) is 0.985. The summed E-state index contributed by atoms with van der Waals surface area (Å²) in [6.45, 7) is 3.68. The number of halogens is 2. The van der Waals surface area contributed by atoms with Crippen molar-refractivity contribution in [1.29, 1.82) is 0 Å². The second-order valence-electron chi connectivity index (χ2n) is 2.23. The Morgan fingerprint density at radius 2 is 2.08 bits per heavy atom. The Bertz CT molecular complexity index is 307. The molecule has 1 aromatic rings. The fourth-order valence-corrected chi connectivity index (χ4v) is 1.24. The molecule has 1 nitrogen and oxygen atoms in total. The Morgan fingerprint density at radius 3 is 2.67 bits per heavy atom. The van der Waals surface area contributed by atoms with Crippen LogP contribution in [0.2, 0.25) is 10.0 Å². The monoisotopic (exact) mass is 202 g/mol. The molecule has 0 saturated carbocycles. The molecule has 0 aliphatic heterocycles. The first-order chi connectivity index (χ1) is 5.66.